The van der Waals surface area contributed by atoms with Gasteiger partial charge in [0.1, 0.15) is 5.82 Å². The molecule has 1 aliphatic rings. The van der Waals surface area contributed by atoms with Gasteiger partial charge in [0.15, 0.2) is 0 Å². The molecule has 2 heteroatoms. The van der Waals surface area contributed by atoms with Gasteiger partial charge in [-0.25, -0.2) is 4.39 Å². The molecule has 0 atom stereocenters. The minimum Gasteiger partial charge on any atom is -0.382 e. The van der Waals surface area contributed by atoms with E-state index in [1.807, 2.05) is 13.0 Å². The summed E-state index contributed by atoms with van der Waals surface area (Å²) < 4.78 is 12.8. The summed E-state index contributed by atoms with van der Waals surface area (Å²) in [6.45, 7) is 4.20. The third-order valence-electron chi connectivity index (χ3n) is 2.92. The first-order valence-corrected chi connectivity index (χ1v) is 5.18. The Morgan fingerprint density at radius 3 is 2.64 bits per heavy atom. The molecule has 0 amide bonds. The lowest BCUT2D eigenvalue weighted by atomic mass is 9.81. The van der Waals surface area contributed by atoms with Crippen LogP contribution in [0.1, 0.15) is 25.3 Å². The molecular weight excluding hydrogens is 177 g/mol. The van der Waals surface area contributed by atoms with E-state index in [0.29, 0.717) is 6.04 Å². The third kappa shape index (κ3) is 1.89. The van der Waals surface area contributed by atoms with Crippen LogP contribution in [0.15, 0.2) is 18.2 Å². The molecule has 76 valence electrons. The summed E-state index contributed by atoms with van der Waals surface area (Å²) in [7, 11) is 0. The highest BCUT2D eigenvalue weighted by Gasteiger charge is 2.25. The van der Waals surface area contributed by atoms with Crippen molar-refractivity contribution in [3.8, 4) is 0 Å². The van der Waals surface area contributed by atoms with Gasteiger partial charge in [0, 0.05) is 11.7 Å². The molecule has 1 aliphatic carbocycles. The van der Waals surface area contributed by atoms with Crippen LogP contribution in [0.2, 0.25) is 0 Å². The van der Waals surface area contributed by atoms with E-state index in [9.17, 15) is 4.39 Å². The van der Waals surface area contributed by atoms with E-state index in [4.69, 9.17) is 0 Å². The zero-order chi connectivity index (χ0) is 10.1. The van der Waals surface area contributed by atoms with Crippen molar-refractivity contribution in [2.75, 3.05) is 5.32 Å². The van der Waals surface area contributed by atoms with Crippen molar-refractivity contribution in [2.45, 2.75) is 32.7 Å². The second kappa shape index (κ2) is 3.60. The molecule has 1 N–H and O–H groups in total. The van der Waals surface area contributed by atoms with Crippen molar-refractivity contribution < 1.29 is 4.39 Å². The zero-order valence-corrected chi connectivity index (χ0v) is 8.68. The molecule has 0 spiro atoms. The van der Waals surface area contributed by atoms with Gasteiger partial charge in [-0.3, -0.25) is 0 Å². The van der Waals surface area contributed by atoms with Crippen molar-refractivity contribution >= 4 is 5.69 Å². The molecule has 1 aromatic carbocycles. The Morgan fingerprint density at radius 2 is 2.07 bits per heavy atom. The van der Waals surface area contributed by atoms with Crippen molar-refractivity contribution in [3.63, 3.8) is 0 Å². The normalized spacial score (nSPS) is 25.6. The summed E-state index contributed by atoms with van der Waals surface area (Å²) in [5.74, 6) is 0.684. The zero-order valence-electron chi connectivity index (χ0n) is 8.68. The number of aryl methyl sites for hydroxylation is 1. The lowest BCUT2D eigenvalue weighted by Gasteiger charge is -2.34. The van der Waals surface area contributed by atoms with E-state index in [2.05, 4.69) is 12.2 Å². The number of benzene rings is 1. The van der Waals surface area contributed by atoms with Gasteiger partial charge in [-0.15, -0.1) is 0 Å². The van der Waals surface area contributed by atoms with Crippen molar-refractivity contribution in [1.29, 1.82) is 0 Å². The quantitative estimate of drug-likeness (QED) is 0.759. The highest BCUT2D eigenvalue weighted by atomic mass is 19.1. The molecule has 1 nitrogen and oxygen atoms in total. The van der Waals surface area contributed by atoms with Gasteiger partial charge in [-0.1, -0.05) is 6.92 Å². The Labute approximate surface area is 84.3 Å². The first-order chi connectivity index (χ1) is 6.65. The van der Waals surface area contributed by atoms with Gasteiger partial charge in [0.2, 0.25) is 0 Å². The summed E-state index contributed by atoms with van der Waals surface area (Å²) in [5, 5.41) is 3.44. The first-order valence-electron chi connectivity index (χ1n) is 5.18. The van der Waals surface area contributed by atoms with Gasteiger partial charge < -0.3 is 5.32 Å². The predicted octanol–water partition coefficient (Wildman–Crippen LogP) is 3.34. The fourth-order valence-corrected chi connectivity index (χ4v) is 2.03. The summed E-state index contributed by atoms with van der Waals surface area (Å²) in [5.41, 5.74) is 2.06. The van der Waals surface area contributed by atoms with Gasteiger partial charge in [-0.05, 0) is 49.4 Å². The minimum atomic E-state index is -0.157. The number of anilines is 1. The Hall–Kier alpha value is -1.05. The Morgan fingerprint density at radius 1 is 1.36 bits per heavy atom. The highest BCUT2D eigenvalue weighted by Crippen LogP contribution is 2.30. The maximum absolute atomic E-state index is 12.8. The highest BCUT2D eigenvalue weighted by molar-refractivity contribution is 5.51. The average Bonchev–Trinajstić information content (AvgIpc) is 2.06. The molecule has 0 bridgehead atoms. The van der Waals surface area contributed by atoms with Crippen LogP contribution in [0.5, 0.6) is 0 Å². The average molecular weight is 193 g/mol. The molecule has 0 unspecified atom stereocenters. The molecule has 2 rings (SSSR count). The summed E-state index contributed by atoms with van der Waals surface area (Å²) in [6.07, 6.45) is 2.47. The number of hydrogen-bond acceptors (Lipinski definition) is 1. The van der Waals surface area contributed by atoms with Crippen LogP contribution < -0.4 is 5.32 Å². The first kappa shape index (κ1) is 9.50. The molecule has 0 saturated heterocycles. The van der Waals surface area contributed by atoms with Crippen LogP contribution in [0, 0.1) is 18.7 Å². The summed E-state index contributed by atoms with van der Waals surface area (Å²) >= 11 is 0. The molecule has 1 saturated carbocycles. The van der Waals surface area contributed by atoms with Crippen LogP contribution in [-0.4, -0.2) is 6.04 Å². The van der Waals surface area contributed by atoms with Gasteiger partial charge >= 0.3 is 0 Å². The number of halogens is 1. The molecule has 0 aliphatic heterocycles. The SMILES string of the molecule is Cc1cc(F)ccc1NC1CC(C)C1. The van der Waals surface area contributed by atoms with Crippen LogP contribution in [0.4, 0.5) is 10.1 Å². The number of rotatable bonds is 2. The van der Waals surface area contributed by atoms with Crippen molar-refractivity contribution in [3.05, 3.63) is 29.6 Å². The number of hydrogen-bond donors (Lipinski definition) is 1. The fourth-order valence-electron chi connectivity index (χ4n) is 2.03. The Bertz CT molecular complexity index is 329. The largest absolute Gasteiger partial charge is 0.382 e. The van der Waals surface area contributed by atoms with E-state index in [1.165, 1.54) is 18.9 Å². The lowest BCUT2D eigenvalue weighted by Crippen LogP contribution is -2.33. The van der Waals surface area contributed by atoms with E-state index < -0.39 is 0 Å². The maximum Gasteiger partial charge on any atom is 0.123 e. The van der Waals surface area contributed by atoms with E-state index >= 15 is 0 Å². The van der Waals surface area contributed by atoms with Gasteiger partial charge in [0.25, 0.3) is 0 Å². The molecule has 0 heterocycles. The standard InChI is InChI=1S/C12H16FN/c1-8-5-11(6-8)14-12-4-3-10(13)7-9(12)2/h3-4,7-8,11,14H,5-6H2,1-2H3. The van der Waals surface area contributed by atoms with Gasteiger partial charge in [-0.2, -0.15) is 0 Å². The van der Waals surface area contributed by atoms with Crippen LogP contribution in [-0.2, 0) is 0 Å². The second-order valence-electron chi connectivity index (χ2n) is 4.38. The molecule has 14 heavy (non-hydrogen) atoms. The van der Waals surface area contributed by atoms with Gasteiger partial charge in [0.05, 0.1) is 0 Å². The Balaban J connectivity index is 2.02. The fraction of sp³-hybridized carbons (Fsp3) is 0.500. The van der Waals surface area contributed by atoms with E-state index in [0.717, 1.165) is 17.2 Å². The molecule has 1 aromatic rings. The molecule has 0 radical (unpaired) electrons. The topological polar surface area (TPSA) is 12.0 Å². The summed E-state index contributed by atoms with van der Waals surface area (Å²) in [6, 6.07) is 5.50. The van der Waals surface area contributed by atoms with Crippen LogP contribution in [0.3, 0.4) is 0 Å². The Kier molecular flexibility index (Phi) is 2.44. The molecule has 1 fully saturated rings. The van der Waals surface area contributed by atoms with Crippen LogP contribution in [0.25, 0.3) is 0 Å². The smallest absolute Gasteiger partial charge is 0.123 e. The monoisotopic (exact) mass is 193 g/mol. The number of nitrogens with one attached hydrogen (secondary N) is 1. The molecular formula is C12H16FN. The molecule has 0 aromatic heterocycles. The second-order valence-corrected chi connectivity index (χ2v) is 4.38. The third-order valence-corrected chi connectivity index (χ3v) is 2.92. The van der Waals surface area contributed by atoms with E-state index in [-0.39, 0.29) is 5.82 Å². The maximum atomic E-state index is 12.8. The van der Waals surface area contributed by atoms with Crippen LogP contribution >= 0.6 is 0 Å². The van der Waals surface area contributed by atoms with Crippen molar-refractivity contribution in [2.24, 2.45) is 5.92 Å². The lowest BCUT2D eigenvalue weighted by molar-refractivity contribution is 0.309. The predicted molar refractivity (Wildman–Crippen MR) is 56.9 cm³/mol. The summed E-state index contributed by atoms with van der Waals surface area (Å²) in [4.78, 5) is 0. The van der Waals surface area contributed by atoms with Crippen molar-refractivity contribution in [1.82, 2.24) is 0 Å². The minimum absolute atomic E-state index is 0.157. The van der Waals surface area contributed by atoms with E-state index in [1.54, 1.807) is 6.07 Å².